The molecule has 98 valence electrons. The van der Waals surface area contributed by atoms with Gasteiger partial charge in [0.2, 0.25) is 0 Å². The first kappa shape index (κ1) is 14.2. The largest absolute Gasteiger partial charge is 0.417 e. The molecule has 0 radical (unpaired) electrons. The molecule has 0 bridgehead atoms. The molecule has 0 aromatic heterocycles. The molecule has 0 atom stereocenters. The van der Waals surface area contributed by atoms with Gasteiger partial charge in [-0.1, -0.05) is 11.6 Å². The van der Waals surface area contributed by atoms with Crippen molar-refractivity contribution in [2.24, 2.45) is 0 Å². The average molecular weight is 283 g/mol. The number of alkyl halides is 3. The van der Waals surface area contributed by atoms with Gasteiger partial charge in [0.05, 0.1) is 10.6 Å². The van der Waals surface area contributed by atoms with Gasteiger partial charge in [0.1, 0.15) is 0 Å². The number of hydrogen-bond donors (Lipinski definition) is 1. The second-order valence-corrected chi connectivity index (χ2v) is 3.64. The van der Waals surface area contributed by atoms with E-state index in [4.69, 9.17) is 11.6 Å². The van der Waals surface area contributed by atoms with E-state index in [-0.39, 0.29) is 5.69 Å². The lowest BCUT2D eigenvalue weighted by atomic mass is 10.2. The van der Waals surface area contributed by atoms with Crippen LogP contribution in [0.25, 0.3) is 0 Å². The Bertz CT molecular complexity index is 490. The monoisotopic (exact) mass is 282 g/mol. The number of carbonyl (C=O) groups is 1. The van der Waals surface area contributed by atoms with Gasteiger partial charge in [-0.05, 0) is 18.2 Å². The third kappa shape index (κ3) is 3.88. The lowest BCUT2D eigenvalue weighted by Crippen LogP contribution is -2.21. The molecule has 0 unspecified atom stereocenters. The number of nitro groups is 1. The van der Waals surface area contributed by atoms with Crippen LogP contribution in [0.15, 0.2) is 18.2 Å². The summed E-state index contributed by atoms with van der Waals surface area (Å²) in [5.41, 5.74) is -1.33. The number of amides is 1. The first-order valence-electron chi connectivity index (χ1n) is 4.48. The molecule has 1 rings (SSSR count). The van der Waals surface area contributed by atoms with Gasteiger partial charge in [-0.15, -0.1) is 0 Å². The summed E-state index contributed by atoms with van der Waals surface area (Å²) in [6.07, 6.45) is -4.67. The normalized spacial score (nSPS) is 11.1. The second kappa shape index (κ2) is 5.21. The van der Waals surface area contributed by atoms with E-state index in [1.54, 1.807) is 0 Å². The van der Waals surface area contributed by atoms with Gasteiger partial charge in [0, 0.05) is 10.6 Å². The maximum absolute atomic E-state index is 12.5. The molecule has 0 aliphatic rings. The van der Waals surface area contributed by atoms with Crippen LogP contribution in [0.3, 0.4) is 0 Å². The summed E-state index contributed by atoms with van der Waals surface area (Å²) < 4.78 is 37.4. The zero-order valence-corrected chi connectivity index (χ0v) is 9.38. The van der Waals surface area contributed by atoms with E-state index < -0.39 is 34.1 Å². The smallest absolute Gasteiger partial charge is 0.320 e. The first-order chi connectivity index (χ1) is 8.20. The third-order valence-corrected chi connectivity index (χ3v) is 2.16. The van der Waals surface area contributed by atoms with Crippen molar-refractivity contribution in [2.45, 2.75) is 6.18 Å². The summed E-state index contributed by atoms with van der Waals surface area (Å²) in [5, 5.41) is 11.5. The zero-order chi connectivity index (χ0) is 13.9. The number of benzene rings is 1. The molecule has 18 heavy (non-hydrogen) atoms. The van der Waals surface area contributed by atoms with Crippen LogP contribution in [0.2, 0.25) is 5.02 Å². The van der Waals surface area contributed by atoms with Crippen LogP contribution in [0.5, 0.6) is 0 Å². The van der Waals surface area contributed by atoms with Crippen molar-refractivity contribution in [3.8, 4) is 0 Å². The summed E-state index contributed by atoms with van der Waals surface area (Å²) >= 11 is 5.36. The molecule has 0 aliphatic heterocycles. The van der Waals surface area contributed by atoms with E-state index in [9.17, 15) is 28.1 Å². The number of rotatable bonds is 3. The lowest BCUT2D eigenvalue weighted by Gasteiger charge is -2.11. The van der Waals surface area contributed by atoms with Gasteiger partial charge in [-0.3, -0.25) is 14.9 Å². The fourth-order valence-electron chi connectivity index (χ4n) is 1.14. The lowest BCUT2D eigenvalue weighted by molar-refractivity contribution is -0.467. The molecule has 0 saturated carbocycles. The van der Waals surface area contributed by atoms with Crippen molar-refractivity contribution < 1.29 is 22.9 Å². The van der Waals surface area contributed by atoms with E-state index in [1.807, 2.05) is 5.32 Å². The average Bonchev–Trinajstić information content (AvgIpc) is 2.17. The highest BCUT2D eigenvalue weighted by Crippen LogP contribution is 2.36. The van der Waals surface area contributed by atoms with Gasteiger partial charge < -0.3 is 5.32 Å². The fourth-order valence-corrected chi connectivity index (χ4v) is 1.36. The van der Waals surface area contributed by atoms with Crippen molar-refractivity contribution >= 4 is 23.2 Å². The maximum Gasteiger partial charge on any atom is 0.417 e. The quantitative estimate of drug-likeness (QED) is 0.684. The summed E-state index contributed by atoms with van der Waals surface area (Å²) in [5.74, 6) is -1.02. The van der Waals surface area contributed by atoms with E-state index in [2.05, 4.69) is 0 Å². The summed E-state index contributed by atoms with van der Waals surface area (Å²) in [6.45, 7) is -1.02. The molecule has 1 aromatic rings. The van der Waals surface area contributed by atoms with Gasteiger partial charge in [-0.25, -0.2) is 0 Å². The van der Waals surface area contributed by atoms with Gasteiger partial charge in [0.15, 0.2) is 0 Å². The maximum atomic E-state index is 12.5. The van der Waals surface area contributed by atoms with Crippen LogP contribution in [-0.2, 0) is 11.0 Å². The predicted molar refractivity (Wildman–Crippen MR) is 56.9 cm³/mol. The van der Waals surface area contributed by atoms with Crippen LogP contribution in [0, 0.1) is 10.1 Å². The molecular formula is C9H6ClF3N2O3. The molecule has 1 N–H and O–H groups in total. The highest BCUT2D eigenvalue weighted by molar-refractivity contribution is 6.31. The van der Waals surface area contributed by atoms with Crippen LogP contribution in [0.1, 0.15) is 5.56 Å². The molecule has 1 amide bonds. The molecule has 0 fully saturated rings. The fraction of sp³-hybridized carbons (Fsp3) is 0.222. The van der Waals surface area contributed by atoms with E-state index in [0.717, 1.165) is 12.1 Å². The minimum atomic E-state index is -4.67. The molecule has 0 saturated heterocycles. The Morgan fingerprint density at radius 2 is 2.06 bits per heavy atom. The number of nitrogens with zero attached hydrogens (tertiary/aromatic N) is 1. The van der Waals surface area contributed by atoms with Gasteiger partial charge >= 0.3 is 6.18 Å². The predicted octanol–water partition coefficient (Wildman–Crippen LogP) is 2.57. The van der Waals surface area contributed by atoms with Gasteiger partial charge in [-0.2, -0.15) is 13.2 Å². The molecule has 0 spiro atoms. The standard InChI is InChI=1S/C9H6ClF3N2O3/c10-7-2-1-5(3-6(7)9(11,12)13)14-8(16)4-15(17)18/h1-3H,4H2,(H,14,16). The molecule has 1 aromatic carbocycles. The number of nitrogens with one attached hydrogen (secondary N) is 1. The minimum Gasteiger partial charge on any atom is -0.320 e. The molecule has 5 nitrogen and oxygen atoms in total. The highest BCUT2D eigenvalue weighted by atomic mass is 35.5. The Hall–Kier alpha value is -1.83. The molecule has 0 heterocycles. The number of halogens is 4. The van der Waals surface area contributed by atoms with E-state index in [1.165, 1.54) is 0 Å². The number of hydrogen-bond acceptors (Lipinski definition) is 3. The zero-order valence-electron chi connectivity index (χ0n) is 8.62. The van der Waals surface area contributed by atoms with Crippen LogP contribution >= 0.6 is 11.6 Å². The number of anilines is 1. The third-order valence-electron chi connectivity index (χ3n) is 1.83. The van der Waals surface area contributed by atoms with Crippen molar-refractivity contribution in [3.63, 3.8) is 0 Å². The van der Waals surface area contributed by atoms with Crippen molar-refractivity contribution in [2.75, 3.05) is 11.9 Å². The van der Waals surface area contributed by atoms with E-state index >= 15 is 0 Å². The highest BCUT2D eigenvalue weighted by Gasteiger charge is 2.33. The minimum absolute atomic E-state index is 0.210. The summed E-state index contributed by atoms with van der Waals surface area (Å²) in [4.78, 5) is 20.1. The van der Waals surface area contributed by atoms with Crippen molar-refractivity contribution in [1.82, 2.24) is 0 Å². The first-order valence-corrected chi connectivity index (χ1v) is 4.86. The molecular weight excluding hydrogens is 277 g/mol. The Morgan fingerprint density at radius 3 is 2.56 bits per heavy atom. The van der Waals surface area contributed by atoms with Crippen molar-refractivity contribution in [1.29, 1.82) is 0 Å². The van der Waals surface area contributed by atoms with E-state index in [0.29, 0.717) is 6.07 Å². The summed E-state index contributed by atoms with van der Waals surface area (Å²) in [7, 11) is 0. The van der Waals surface area contributed by atoms with Crippen LogP contribution in [-0.4, -0.2) is 17.4 Å². The summed E-state index contributed by atoms with van der Waals surface area (Å²) in [6, 6.07) is 2.68. The Kier molecular flexibility index (Phi) is 4.12. The molecule has 0 aliphatic carbocycles. The second-order valence-electron chi connectivity index (χ2n) is 3.23. The topological polar surface area (TPSA) is 72.2 Å². The Morgan fingerprint density at radius 1 is 1.44 bits per heavy atom. The Labute approximate surface area is 104 Å². The Balaban J connectivity index is 2.92. The van der Waals surface area contributed by atoms with Gasteiger partial charge in [0.25, 0.3) is 12.5 Å². The SMILES string of the molecule is O=C(C[N+](=O)[O-])Nc1ccc(Cl)c(C(F)(F)F)c1. The number of carbonyl (C=O) groups excluding carboxylic acids is 1. The molecule has 9 heteroatoms. The van der Waals surface area contributed by atoms with Crippen molar-refractivity contribution in [3.05, 3.63) is 38.9 Å². The van der Waals surface area contributed by atoms with Crippen LogP contribution < -0.4 is 5.32 Å². The van der Waals surface area contributed by atoms with Crippen LogP contribution in [0.4, 0.5) is 18.9 Å².